The molecule has 0 saturated carbocycles. The molecule has 0 saturated heterocycles. The highest BCUT2D eigenvalue weighted by Gasteiger charge is 2.10. The zero-order valence-electron chi connectivity index (χ0n) is 9.18. The summed E-state index contributed by atoms with van der Waals surface area (Å²) in [6.07, 6.45) is 0. The van der Waals surface area contributed by atoms with Crippen molar-refractivity contribution in [1.29, 1.82) is 0 Å². The molecule has 0 radical (unpaired) electrons. The van der Waals surface area contributed by atoms with Crippen molar-refractivity contribution in [2.24, 2.45) is 0 Å². The van der Waals surface area contributed by atoms with Crippen molar-refractivity contribution in [3.05, 3.63) is 36.4 Å². The Bertz CT molecular complexity index is 526. The third-order valence-electron chi connectivity index (χ3n) is 2.57. The topological polar surface area (TPSA) is 104 Å². The Hall–Kier alpha value is -2.07. The molecule has 2 aromatic carbocycles. The lowest BCUT2D eigenvalue weighted by Gasteiger charge is -2.13. The molecule has 0 aromatic heterocycles. The summed E-state index contributed by atoms with van der Waals surface area (Å²) in [5.41, 5.74) is 26.6. The summed E-state index contributed by atoms with van der Waals surface area (Å²) in [7, 11) is 0. The monoisotopic (exact) mass is 250 g/mol. The molecule has 0 fully saturated rings. The first-order valence-electron chi connectivity index (χ1n) is 4.89. The molecule has 0 heterocycles. The van der Waals surface area contributed by atoms with E-state index >= 15 is 0 Å². The fraction of sp³-hybridized carbons (Fsp3) is 0. The first kappa shape index (κ1) is 13.0. The molecule has 0 amide bonds. The van der Waals surface area contributed by atoms with Gasteiger partial charge in [-0.05, 0) is 11.6 Å². The predicted molar refractivity (Wildman–Crippen MR) is 76.8 cm³/mol. The van der Waals surface area contributed by atoms with Crippen LogP contribution in [0.5, 0.6) is 0 Å². The molecule has 17 heavy (non-hydrogen) atoms. The molecule has 4 nitrogen and oxygen atoms in total. The Balaban J connectivity index is 0.00000144. The van der Waals surface area contributed by atoms with Crippen molar-refractivity contribution in [3.8, 4) is 11.1 Å². The Kier molecular flexibility index (Phi) is 3.70. The smallest absolute Gasteiger partial charge is 0.0809 e. The fourth-order valence-electron chi connectivity index (χ4n) is 1.61. The van der Waals surface area contributed by atoms with E-state index in [-0.39, 0.29) is 12.4 Å². The van der Waals surface area contributed by atoms with E-state index in [0.717, 1.165) is 11.1 Å². The number of anilines is 4. The number of benzene rings is 2. The molecule has 0 unspecified atom stereocenters. The van der Waals surface area contributed by atoms with Crippen LogP contribution in [-0.4, -0.2) is 0 Å². The largest absolute Gasteiger partial charge is 0.397 e. The van der Waals surface area contributed by atoms with Gasteiger partial charge < -0.3 is 22.9 Å². The van der Waals surface area contributed by atoms with E-state index in [1.54, 1.807) is 6.07 Å². The maximum atomic E-state index is 5.92. The van der Waals surface area contributed by atoms with E-state index in [9.17, 15) is 0 Å². The van der Waals surface area contributed by atoms with E-state index in [0.29, 0.717) is 22.7 Å². The molecule has 0 aliphatic carbocycles. The second-order valence-corrected chi connectivity index (χ2v) is 3.62. The van der Waals surface area contributed by atoms with E-state index in [4.69, 9.17) is 22.9 Å². The van der Waals surface area contributed by atoms with Gasteiger partial charge in [0.2, 0.25) is 0 Å². The summed E-state index contributed by atoms with van der Waals surface area (Å²) in [5, 5.41) is 0. The minimum atomic E-state index is 0. The lowest BCUT2D eigenvalue weighted by atomic mass is 10.0. The molecule has 2 rings (SSSR count). The minimum Gasteiger partial charge on any atom is -0.397 e. The van der Waals surface area contributed by atoms with Crippen LogP contribution in [0.2, 0.25) is 0 Å². The predicted octanol–water partition coefficient (Wildman–Crippen LogP) is 2.10. The van der Waals surface area contributed by atoms with Crippen molar-refractivity contribution >= 4 is 35.2 Å². The molecule has 0 aliphatic heterocycles. The molecule has 0 bridgehead atoms. The van der Waals surface area contributed by atoms with E-state index in [2.05, 4.69) is 0 Å². The average Bonchev–Trinajstić information content (AvgIpc) is 2.32. The molecular formula is C12H15ClN4. The van der Waals surface area contributed by atoms with Crippen LogP contribution in [0, 0.1) is 0 Å². The van der Waals surface area contributed by atoms with Gasteiger partial charge in [0.15, 0.2) is 0 Å². The van der Waals surface area contributed by atoms with Crippen LogP contribution in [0.25, 0.3) is 11.1 Å². The van der Waals surface area contributed by atoms with Gasteiger partial charge in [0.25, 0.3) is 0 Å². The van der Waals surface area contributed by atoms with Crippen LogP contribution >= 0.6 is 12.4 Å². The van der Waals surface area contributed by atoms with Crippen LogP contribution < -0.4 is 22.9 Å². The molecular weight excluding hydrogens is 236 g/mol. The number of rotatable bonds is 1. The Labute approximate surface area is 106 Å². The second kappa shape index (κ2) is 4.84. The maximum absolute atomic E-state index is 5.92. The van der Waals surface area contributed by atoms with Gasteiger partial charge in [-0.2, -0.15) is 0 Å². The number of nitrogens with two attached hydrogens (primary N) is 4. The van der Waals surface area contributed by atoms with Crippen molar-refractivity contribution in [3.63, 3.8) is 0 Å². The highest BCUT2D eigenvalue weighted by Crippen LogP contribution is 2.37. The molecule has 0 atom stereocenters. The van der Waals surface area contributed by atoms with Gasteiger partial charge >= 0.3 is 0 Å². The van der Waals surface area contributed by atoms with Crippen molar-refractivity contribution in [1.82, 2.24) is 0 Å². The maximum Gasteiger partial charge on any atom is 0.0809 e. The number of halogens is 1. The van der Waals surface area contributed by atoms with Gasteiger partial charge in [-0.1, -0.05) is 30.3 Å². The van der Waals surface area contributed by atoms with Crippen molar-refractivity contribution in [2.75, 3.05) is 22.9 Å². The zero-order valence-corrected chi connectivity index (χ0v) is 10.00. The minimum absolute atomic E-state index is 0. The number of hydrogen-bond donors (Lipinski definition) is 4. The summed E-state index contributed by atoms with van der Waals surface area (Å²) in [5.74, 6) is 0. The van der Waals surface area contributed by atoms with E-state index in [1.807, 2.05) is 30.3 Å². The third kappa shape index (κ3) is 2.21. The Morgan fingerprint density at radius 3 is 1.88 bits per heavy atom. The first-order valence-corrected chi connectivity index (χ1v) is 4.89. The normalized spacial score (nSPS) is 9.65. The van der Waals surface area contributed by atoms with Gasteiger partial charge in [-0.3, -0.25) is 0 Å². The van der Waals surface area contributed by atoms with Gasteiger partial charge in [-0.25, -0.2) is 0 Å². The van der Waals surface area contributed by atoms with Crippen LogP contribution in [0.1, 0.15) is 0 Å². The van der Waals surface area contributed by atoms with Crippen LogP contribution in [0.3, 0.4) is 0 Å². The summed E-state index contributed by atoms with van der Waals surface area (Å²) in [6, 6.07) is 11.4. The van der Waals surface area contributed by atoms with Gasteiger partial charge in [0.05, 0.1) is 22.7 Å². The standard InChI is InChI=1S/C12H14N4.ClH/c13-9-6-8(7-4-2-1-3-5-7)10(14)12(16)11(9)15;/h1-6H,13-16H2;1H. The summed E-state index contributed by atoms with van der Waals surface area (Å²) >= 11 is 0. The van der Waals surface area contributed by atoms with Gasteiger partial charge in [0.1, 0.15) is 0 Å². The lowest BCUT2D eigenvalue weighted by molar-refractivity contribution is 1.59. The van der Waals surface area contributed by atoms with Gasteiger partial charge in [0, 0.05) is 5.56 Å². The molecule has 2 aromatic rings. The van der Waals surface area contributed by atoms with Gasteiger partial charge in [-0.15, -0.1) is 12.4 Å². The second-order valence-electron chi connectivity index (χ2n) is 3.62. The highest BCUT2D eigenvalue weighted by atomic mass is 35.5. The summed E-state index contributed by atoms with van der Waals surface area (Å²) < 4.78 is 0. The quantitative estimate of drug-likeness (QED) is 0.582. The van der Waals surface area contributed by atoms with Crippen LogP contribution in [-0.2, 0) is 0 Å². The average molecular weight is 251 g/mol. The van der Waals surface area contributed by atoms with E-state index in [1.165, 1.54) is 0 Å². The number of hydrogen-bond acceptors (Lipinski definition) is 4. The molecule has 0 spiro atoms. The molecule has 0 aliphatic rings. The fourth-order valence-corrected chi connectivity index (χ4v) is 1.61. The summed E-state index contributed by atoms with van der Waals surface area (Å²) in [4.78, 5) is 0. The van der Waals surface area contributed by atoms with Crippen molar-refractivity contribution in [2.45, 2.75) is 0 Å². The first-order chi connectivity index (χ1) is 7.61. The highest BCUT2D eigenvalue weighted by molar-refractivity contribution is 5.96. The Morgan fingerprint density at radius 2 is 1.29 bits per heavy atom. The lowest BCUT2D eigenvalue weighted by Crippen LogP contribution is -2.05. The molecule has 8 N–H and O–H groups in total. The van der Waals surface area contributed by atoms with Crippen molar-refractivity contribution < 1.29 is 0 Å². The third-order valence-corrected chi connectivity index (χ3v) is 2.57. The van der Waals surface area contributed by atoms with Crippen LogP contribution in [0.15, 0.2) is 36.4 Å². The SMILES string of the molecule is Cl.Nc1cc(-c2ccccc2)c(N)c(N)c1N. The molecule has 5 heteroatoms. The Morgan fingerprint density at radius 1 is 0.706 bits per heavy atom. The van der Waals surface area contributed by atoms with E-state index < -0.39 is 0 Å². The zero-order chi connectivity index (χ0) is 11.7. The summed E-state index contributed by atoms with van der Waals surface area (Å²) in [6.45, 7) is 0. The number of nitrogen functional groups attached to an aromatic ring is 4. The molecule has 90 valence electrons. The van der Waals surface area contributed by atoms with Crippen LogP contribution in [0.4, 0.5) is 22.7 Å².